The van der Waals surface area contributed by atoms with Crippen LogP contribution in [-0.2, 0) is 10.3 Å². The number of hydrogen-bond acceptors (Lipinski definition) is 4. The lowest BCUT2D eigenvalue weighted by atomic mass is 10.0. The highest BCUT2D eigenvalue weighted by molar-refractivity contribution is 5.77. The molecule has 6 heteroatoms. The second-order valence-electron chi connectivity index (χ2n) is 3.12. The van der Waals surface area contributed by atoms with E-state index in [1.807, 2.05) is 0 Å². The number of carboxylic acids is 1. The van der Waals surface area contributed by atoms with Crippen molar-refractivity contribution in [2.45, 2.75) is 12.5 Å². The summed E-state index contributed by atoms with van der Waals surface area (Å²) < 4.78 is 1.06. The molecule has 0 saturated carbocycles. The predicted octanol–water partition coefficient (Wildman–Crippen LogP) is -1.04. The molecule has 0 spiro atoms. The van der Waals surface area contributed by atoms with Crippen LogP contribution in [0.1, 0.15) is 5.56 Å². The molecule has 6 nitrogen and oxygen atoms in total. The molecule has 0 amide bonds. The van der Waals surface area contributed by atoms with Gasteiger partial charge in [0.25, 0.3) is 0 Å². The lowest BCUT2D eigenvalue weighted by Gasteiger charge is -2.24. The van der Waals surface area contributed by atoms with Gasteiger partial charge < -0.3 is 15.3 Å². The Hall–Kier alpha value is -1.40. The number of aliphatic carboxylic acids is 1. The Labute approximate surface area is 80.4 Å². The van der Waals surface area contributed by atoms with Crippen molar-refractivity contribution in [1.29, 1.82) is 0 Å². The van der Waals surface area contributed by atoms with E-state index in [1.54, 1.807) is 6.92 Å². The maximum Gasteiger partial charge on any atom is 0.336 e. The first kappa shape index (κ1) is 10.7. The lowest BCUT2D eigenvalue weighted by molar-refractivity contribution is -0.153. The molecule has 0 bridgehead atoms. The van der Waals surface area contributed by atoms with Crippen LogP contribution in [0.2, 0.25) is 0 Å². The Morgan fingerprint density at radius 3 is 2.43 bits per heavy atom. The van der Waals surface area contributed by atoms with Gasteiger partial charge in [-0.3, -0.25) is 4.68 Å². The van der Waals surface area contributed by atoms with Gasteiger partial charge >= 0.3 is 5.97 Å². The zero-order valence-corrected chi connectivity index (χ0v) is 7.71. The Bertz CT molecular complexity index is 330. The van der Waals surface area contributed by atoms with Gasteiger partial charge in [-0.25, -0.2) is 4.79 Å². The average molecular weight is 200 g/mol. The van der Waals surface area contributed by atoms with E-state index >= 15 is 0 Å². The van der Waals surface area contributed by atoms with Gasteiger partial charge in [-0.1, -0.05) is 0 Å². The number of aliphatic hydroxyl groups is 2. The highest BCUT2D eigenvalue weighted by Crippen LogP contribution is 2.15. The minimum atomic E-state index is -1.77. The molecular formula is C8H12N2O4. The monoisotopic (exact) mass is 200 g/mol. The first-order valence-corrected chi connectivity index (χ1v) is 4.03. The predicted molar refractivity (Wildman–Crippen MR) is 46.7 cm³/mol. The minimum absolute atomic E-state index is 0.708. The summed E-state index contributed by atoms with van der Waals surface area (Å²) in [5.41, 5.74) is -1.01. The van der Waals surface area contributed by atoms with Crippen molar-refractivity contribution in [2.75, 3.05) is 13.2 Å². The maximum atomic E-state index is 10.9. The Balaban J connectivity index is 3.16. The standard InChI is InChI=1S/C8H12N2O4/c1-6-2-9-10(3-6)8(4-11,5-12)7(13)14/h2-3,11-12H,4-5H2,1H3,(H,13,14). The second kappa shape index (κ2) is 3.77. The van der Waals surface area contributed by atoms with Crippen molar-refractivity contribution in [2.24, 2.45) is 0 Å². The molecule has 0 fully saturated rings. The van der Waals surface area contributed by atoms with Crippen LogP contribution < -0.4 is 0 Å². The normalized spacial score (nSPS) is 11.6. The summed E-state index contributed by atoms with van der Waals surface area (Å²) in [5.74, 6) is -1.31. The molecular weight excluding hydrogens is 188 g/mol. The Kier molecular flexibility index (Phi) is 2.87. The maximum absolute atomic E-state index is 10.9. The largest absolute Gasteiger partial charge is 0.479 e. The number of aliphatic hydroxyl groups excluding tert-OH is 2. The van der Waals surface area contributed by atoms with E-state index in [2.05, 4.69) is 5.10 Å². The number of carboxylic acid groups (broad SMARTS) is 1. The van der Waals surface area contributed by atoms with Gasteiger partial charge in [-0.05, 0) is 12.5 Å². The smallest absolute Gasteiger partial charge is 0.336 e. The molecule has 0 saturated heterocycles. The first-order chi connectivity index (χ1) is 6.56. The van der Waals surface area contributed by atoms with Crippen LogP contribution in [-0.4, -0.2) is 44.3 Å². The number of aryl methyl sites for hydroxylation is 1. The molecule has 0 aliphatic heterocycles. The third-order valence-corrected chi connectivity index (χ3v) is 2.07. The molecule has 0 aliphatic carbocycles. The minimum Gasteiger partial charge on any atom is -0.479 e. The zero-order valence-electron chi connectivity index (χ0n) is 7.71. The zero-order chi connectivity index (χ0) is 10.8. The van der Waals surface area contributed by atoms with Crippen LogP contribution >= 0.6 is 0 Å². The van der Waals surface area contributed by atoms with E-state index in [-0.39, 0.29) is 0 Å². The molecule has 1 aromatic heterocycles. The fourth-order valence-electron chi connectivity index (χ4n) is 1.08. The van der Waals surface area contributed by atoms with Crippen LogP contribution in [0.15, 0.2) is 12.4 Å². The van der Waals surface area contributed by atoms with Gasteiger partial charge in [0.15, 0.2) is 0 Å². The summed E-state index contributed by atoms with van der Waals surface area (Å²) >= 11 is 0. The highest BCUT2D eigenvalue weighted by Gasteiger charge is 2.40. The molecule has 0 unspecified atom stereocenters. The fraction of sp³-hybridized carbons (Fsp3) is 0.500. The van der Waals surface area contributed by atoms with E-state index in [0.29, 0.717) is 0 Å². The van der Waals surface area contributed by atoms with Crippen molar-refractivity contribution < 1.29 is 20.1 Å². The molecule has 0 aliphatic rings. The average Bonchev–Trinajstić information content (AvgIpc) is 2.55. The van der Waals surface area contributed by atoms with Crippen molar-refractivity contribution in [3.63, 3.8) is 0 Å². The molecule has 0 aromatic carbocycles. The highest BCUT2D eigenvalue weighted by atomic mass is 16.4. The molecule has 1 aromatic rings. The lowest BCUT2D eigenvalue weighted by Crippen LogP contribution is -2.49. The Morgan fingerprint density at radius 1 is 1.57 bits per heavy atom. The second-order valence-corrected chi connectivity index (χ2v) is 3.12. The number of rotatable bonds is 4. The summed E-state index contributed by atoms with van der Waals surface area (Å²) in [5, 5.41) is 30.7. The molecule has 3 N–H and O–H groups in total. The molecule has 14 heavy (non-hydrogen) atoms. The van der Waals surface area contributed by atoms with Gasteiger partial charge in [-0.15, -0.1) is 0 Å². The van der Waals surface area contributed by atoms with Gasteiger partial charge in [0.2, 0.25) is 5.54 Å². The molecule has 78 valence electrons. The van der Waals surface area contributed by atoms with Crippen molar-refractivity contribution in [1.82, 2.24) is 9.78 Å². The molecule has 0 atom stereocenters. The number of carbonyl (C=O) groups is 1. The third kappa shape index (κ3) is 1.49. The molecule has 1 rings (SSSR count). The fourth-order valence-corrected chi connectivity index (χ4v) is 1.08. The quantitative estimate of drug-likeness (QED) is 0.576. The van der Waals surface area contributed by atoms with Gasteiger partial charge in [0.05, 0.1) is 19.4 Å². The summed E-state index contributed by atoms with van der Waals surface area (Å²) in [6.07, 6.45) is 2.92. The van der Waals surface area contributed by atoms with Crippen LogP contribution in [0.25, 0.3) is 0 Å². The molecule has 1 heterocycles. The van der Waals surface area contributed by atoms with Gasteiger partial charge in [0.1, 0.15) is 0 Å². The SMILES string of the molecule is Cc1cnn(C(CO)(CO)C(=O)O)c1. The van der Waals surface area contributed by atoms with Crippen LogP contribution in [0.5, 0.6) is 0 Å². The topological polar surface area (TPSA) is 95.6 Å². The van der Waals surface area contributed by atoms with Crippen LogP contribution in [0.3, 0.4) is 0 Å². The van der Waals surface area contributed by atoms with Crippen LogP contribution in [0.4, 0.5) is 0 Å². The van der Waals surface area contributed by atoms with Gasteiger partial charge in [0, 0.05) is 6.20 Å². The van der Waals surface area contributed by atoms with Crippen molar-refractivity contribution in [3.8, 4) is 0 Å². The first-order valence-electron chi connectivity index (χ1n) is 4.03. The van der Waals surface area contributed by atoms with E-state index < -0.39 is 24.7 Å². The van der Waals surface area contributed by atoms with Gasteiger partial charge in [-0.2, -0.15) is 5.10 Å². The van der Waals surface area contributed by atoms with E-state index in [9.17, 15) is 4.79 Å². The van der Waals surface area contributed by atoms with E-state index in [4.69, 9.17) is 15.3 Å². The van der Waals surface area contributed by atoms with E-state index in [1.165, 1.54) is 12.4 Å². The van der Waals surface area contributed by atoms with Crippen LogP contribution in [0, 0.1) is 6.92 Å². The Morgan fingerprint density at radius 2 is 2.14 bits per heavy atom. The summed E-state index contributed by atoms with van der Waals surface area (Å²) in [4.78, 5) is 10.9. The number of hydrogen-bond donors (Lipinski definition) is 3. The third-order valence-electron chi connectivity index (χ3n) is 2.07. The van der Waals surface area contributed by atoms with E-state index in [0.717, 1.165) is 10.2 Å². The van der Waals surface area contributed by atoms with Crippen molar-refractivity contribution in [3.05, 3.63) is 18.0 Å². The summed E-state index contributed by atoms with van der Waals surface area (Å²) in [6.45, 7) is 0.324. The van der Waals surface area contributed by atoms with Crippen molar-refractivity contribution >= 4 is 5.97 Å². The summed E-state index contributed by atoms with van der Waals surface area (Å²) in [7, 11) is 0. The molecule has 0 radical (unpaired) electrons. The number of aromatic nitrogens is 2. The summed E-state index contributed by atoms with van der Waals surface area (Å²) in [6, 6.07) is 0. The number of nitrogens with zero attached hydrogens (tertiary/aromatic N) is 2.